The van der Waals surface area contributed by atoms with Crippen molar-refractivity contribution >= 4 is 11.6 Å². The van der Waals surface area contributed by atoms with E-state index in [0.29, 0.717) is 24.7 Å². The second-order valence-corrected chi connectivity index (χ2v) is 4.16. The Hall–Kier alpha value is -1.00. The molecule has 88 valence electrons. The second kappa shape index (κ2) is 4.47. The average molecular weight is 246 g/mol. The second-order valence-electron chi connectivity index (χ2n) is 3.75. The van der Waals surface area contributed by atoms with E-state index < -0.39 is 11.9 Å². The molecule has 1 aromatic rings. The lowest BCUT2D eigenvalue weighted by Gasteiger charge is -2.16. The summed E-state index contributed by atoms with van der Waals surface area (Å²) in [4.78, 5) is 0. The summed E-state index contributed by atoms with van der Waals surface area (Å²) >= 11 is 5.78. The van der Waals surface area contributed by atoms with Gasteiger partial charge in [-0.15, -0.1) is 0 Å². The first-order valence-corrected chi connectivity index (χ1v) is 5.52. The van der Waals surface area contributed by atoms with Gasteiger partial charge in [-0.1, -0.05) is 11.6 Å². The highest BCUT2D eigenvalue weighted by molar-refractivity contribution is 6.31. The molecule has 3 nitrogen and oxygen atoms in total. The van der Waals surface area contributed by atoms with E-state index in [1.807, 2.05) is 0 Å². The molecule has 1 aliphatic rings. The predicted octanol–water partition coefficient (Wildman–Crippen LogP) is 2.66. The molecule has 0 aromatic heterocycles. The van der Waals surface area contributed by atoms with Crippen LogP contribution >= 0.6 is 11.6 Å². The van der Waals surface area contributed by atoms with E-state index in [0.717, 1.165) is 6.42 Å². The van der Waals surface area contributed by atoms with Crippen molar-refractivity contribution in [3.05, 3.63) is 22.5 Å². The van der Waals surface area contributed by atoms with Crippen LogP contribution in [0, 0.1) is 5.82 Å². The Morgan fingerprint density at radius 3 is 2.81 bits per heavy atom. The summed E-state index contributed by atoms with van der Waals surface area (Å²) in [7, 11) is 0. The molecule has 0 fully saturated rings. The summed E-state index contributed by atoms with van der Waals surface area (Å²) in [5.41, 5.74) is 6.01. The summed E-state index contributed by atoms with van der Waals surface area (Å²) in [5, 5.41) is 0.0107. The van der Waals surface area contributed by atoms with Crippen molar-refractivity contribution in [2.24, 2.45) is 5.73 Å². The van der Waals surface area contributed by atoms with Crippen LogP contribution in [0.25, 0.3) is 0 Å². The number of halogens is 2. The van der Waals surface area contributed by atoms with Gasteiger partial charge in [0.2, 0.25) is 0 Å². The summed E-state index contributed by atoms with van der Waals surface area (Å²) in [6, 6.07) is 0.942. The van der Waals surface area contributed by atoms with Crippen molar-refractivity contribution in [2.75, 3.05) is 13.2 Å². The van der Waals surface area contributed by atoms with Gasteiger partial charge in [0.15, 0.2) is 17.3 Å². The Balaban J connectivity index is 2.60. The molecule has 2 rings (SSSR count). The molecule has 1 unspecified atom stereocenters. The largest absolute Gasteiger partial charge is 0.489 e. The van der Waals surface area contributed by atoms with Crippen LogP contribution in [0.5, 0.6) is 11.5 Å². The van der Waals surface area contributed by atoms with E-state index in [-0.39, 0.29) is 10.6 Å². The normalized spacial score (nSPS) is 16.8. The maximum atomic E-state index is 13.8. The molecule has 0 spiro atoms. The van der Waals surface area contributed by atoms with Gasteiger partial charge in [0.05, 0.1) is 23.8 Å². The Morgan fingerprint density at radius 2 is 2.12 bits per heavy atom. The average Bonchev–Trinajstić information content (AvgIpc) is 2.44. The zero-order chi connectivity index (χ0) is 11.7. The molecule has 0 saturated heterocycles. The van der Waals surface area contributed by atoms with Crippen LogP contribution in [-0.4, -0.2) is 13.2 Å². The molecular weight excluding hydrogens is 233 g/mol. The Kier molecular flexibility index (Phi) is 3.21. The fourth-order valence-electron chi connectivity index (χ4n) is 1.68. The predicted molar refractivity (Wildman–Crippen MR) is 59.6 cm³/mol. The van der Waals surface area contributed by atoms with Crippen molar-refractivity contribution in [2.45, 2.75) is 19.4 Å². The first-order valence-electron chi connectivity index (χ1n) is 5.14. The van der Waals surface area contributed by atoms with Crippen LogP contribution in [0.1, 0.15) is 24.9 Å². The van der Waals surface area contributed by atoms with Crippen molar-refractivity contribution in [3.63, 3.8) is 0 Å². The van der Waals surface area contributed by atoms with Gasteiger partial charge in [-0.2, -0.15) is 0 Å². The molecule has 1 aliphatic heterocycles. The van der Waals surface area contributed by atoms with Gasteiger partial charge in [-0.25, -0.2) is 4.39 Å². The maximum Gasteiger partial charge on any atom is 0.168 e. The number of benzene rings is 1. The molecule has 2 N–H and O–H groups in total. The fraction of sp³-hybridized carbons (Fsp3) is 0.455. The quantitative estimate of drug-likeness (QED) is 0.827. The van der Waals surface area contributed by atoms with Crippen LogP contribution in [0.3, 0.4) is 0 Å². The van der Waals surface area contributed by atoms with Crippen LogP contribution < -0.4 is 15.2 Å². The number of rotatable bonds is 1. The standard InChI is InChI=1S/C11H13ClFNO2/c1-6(14)9-10(13)7(12)5-8-11(9)16-4-2-3-15-8/h5-6H,2-4,14H2,1H3. The van der Waals surface area contributed by atoms with Crippen LogP contribution in [-0.2, 0) is 0 Å². The molecule has 16 heavy (non-hydrogen) atoms. The van der Waals surface area contributed by atoms with Crippen LogP contribution in [0.15, 0.2) is 6.07 Å². The van der Waals surface area contributed by atoms with Crippen molar-refractivity contribution < 1.29 is 13.9 Å². The lowest BCUT2D eigenvalue weighted by Crippen LogP contribution is -2.11. The minimum Gasteiger partial charge on any atom is -0.489 e. The Bertz CT molecular complexity index is 409. The highest BCUT2D eigenvalue weighted by Crippen LogP contribution is 2.41. The topological polar surface area (TPSA) is 44.5 Å². The summed E-state index contributed by atoms with van der Waals surface area (Å²) in [6.07, 6.45) is 0.756. The molecule has 1 atom stereocenters. The first-order chi connectivity index (χ1) is 7.61. The lowest BCUT2D eigenvalue weighted by molar-refractivity contribution is 0.295. The summed E-state index contributed by atoms with van der Waals surface area (Å²) < 4.78 is 24.7. The molecule has 0 bridgehead atoms. The fourth-order valence-corrected chi connectivity index (χ4v) is 1.88. The molecule has 1 aromatic carbocycles. The van der Waals surface area contributed by atoms with Gasteiger partial charge in [0.1, 0.15) is 0 Å². The highest BCUT2D eigenvalue weighted by Gasteiger charge is 2.23. The molecule has 0 saturated carbocycles. The zero-order valence-corrected chi connectivity index (χ0v) is 9.68. The van der Waals surface area contributed by atoms with E-state index in [9.17, 15) is 4.39 Å². The molecular formula is C11H13ClFNO2. The Labute approximate surface area is 98.3 Å². The van der Waals surface area contributed by atoms with E-state index >= 15 is 0 Å². The minimum absolute atomic E-state index is 0.0107. The van der Waals surface area contributed by atoms with Crippen molar-refractivity contribution in [1.29, 1.82) is 0 Å². The summed E-state index contributed by atoms with van der Waals surface area (Å²) in [6.45, 7) is 2.71. The van der Waals surface area contributed by atoms with Gasteiger partial charge < -0.3 is 15.2 Å². The Morgan fingerprint density at radius 1 is 1.44 bits per heavy atom. The molecule has 5 heteroatoms. The molecule has 1 heterocycles. The van der Waals surface area contributed by atoms with Crippen LogP contribution in [0.2, 0.25) is 5.02 Å². The van der Waals surface area contributed by atoms with Crippen molar-refractivity contribution in [1.82, 2.24) is 0 Å². The van der Waals surface area contributed by atoms with E-state index in [1.54, 1.807) is 6.92 Å². The third kappa shape index (κ3) is 1.95. The lowest BCUT2D eigenvalue weighted by atomic mass is 10.1. The first kappa shape index (κ1) is 11.5. The third-order valence-electron chi connectivity index (χ3n) is 2.42. The molecule has 0 amide bonds. The molecule has 0 radical (unpaired) electrons. The van der Waals surface area contributed by atoms with Gasteiger partial charge >= 0.3 is 0 Å². The van der Waals surface area contributed by atoms with Crippen LogP contribution in [0.4, 0.5) is 4.39 Å². The van der Waals surface area contributed by atoms with E-state index in [2.05, 4.69) is 0 Å². The zero-order valence-electron chi connectivity index (χ0n) is 8.93. The minimum atomic E-state index is -0.527. The van der Waals surface area contributed by atoms with Gasteiger partial charge in [-0.3, -0.25) is 0 Å². The van der Waals surface area contributed by atoms with Crippen molar-refractivity contribution in [3.8, 4) is 11.5 Å². The summed E-state index contributed by atoms with van der Waals surface area (Å²) in [5.74, 6) is 0.325. The maximum absolute atomic E-state index is 13.8. The van der Waals surface area contributed by atoms with Gasteiger partial charge in [-0.05, 0) is 6.92 Å². The monoisotopic (exact) mass is 245 g/mol. The smallest absolute Gasteiger partial charge is 0.168 e. The number of nitrogens with two attached hydrogens (primary N) is 1. The van der Waals surface area contributed by atoms with Gasteiger partial charge in [0, 0.05) is 18.5 Å². The third-order valence-corrected chi connectivity index (χ3v) is 2.70. The number of ether oxygens (including phenoxy) is 2. The number of hydrogen-bond donors (Lipinski definition) is 1. The SMILES string of the molecule is CC(N)c1c(F)c(Cl)cc2c1OCCCO2. The molecule has 0 aliphatic carbocycles. The number of fused-ring (bicyclic) bond motifs is 1. The van der Waals surface area contributed by atoms with E-state index in [1.165, 1.54) is 6.07 Å². The van der Waals surface area contributed by atoms with Gasteiger partial charge in [0.25, 0.3) is 0 Å². The highest BCUT2D eigenvalue weighted by atomic mass is 35.5. The van der Waals surface area contributed by atoms with E-state index in [4.69, 9.17) is 26.8 Å². The number of hydrogen-bond acceptors (Lipinski definition) is 3.